The van der Waals surface area contributed by atoms with Gasteiger partial charge < -0.3 is 29.9 Å². The van der Waals surface area contributed by atoms with Gasteiger partial charge in [0.05, 0.1) is 45.6 Å². The van der Waals surface area contributed by atoms with E-state index in [-0.39, 0.29) is 89.5 Å². The summed E-state index contributed by atoms with van der Waals surface area (Å²) in [7, 11) is -6.75. The van der Waals surface area contributed by atoms with Crippen LogP contribution in [0.5, 0.6) is 23.0 Å². The van der Waals surface area contributed by atoms with E-state index in [9.17, 15) is 36.6 Å². The molecular formula is C34H34O12S2Zn. The van der Waals surface area contributed by atoms with Crippen molar-refractivity contribution in [2.75, 3.05) is 24.7 Å². The molecule has 0 aromatic heterocycles. The van der Waals surface area contributed by atoms with Crippen LogP contribution in [0.2, 0.25) is 0 Å². The van der Waals surface area contributed by atoms with E-state index in [1.807, 2.05) is 13.8 Å². The Morgan fingerprint density at radius 3 is 1.20 bits per heavy atom. The number of benzene rings is 4. The number of carboxylic acid groups (broad SMARTS) is 2. The molecule has 0 spiro atoms. The largest absolute Gasteiger partial charge is 2.00 e. The Labute approximate surface area is 297 Å². The molecule has 0 fully saturated rings. The number of hydrogen-bond acceptors (Lipinski definition) is 10. The van der Waals surface area contributed by atoms with Gasteiger partial charge in [-0.1, -0.05) is 46.9 Å². The zero-order valence-electron chi connectivity index (χ0n) is 26.8. The maximum Gasteiger partial charge on any atom is 2.00 e. The van der Waals surface area contributed by atoms with Crippen LogP contribution in [0.4, 0.5) is 0 Å². The summed E-state index contributed by atoms with van der Waals surface area (Å²) in [6.45, 7) is 3.97. The Kier molecular flexibility index (Phi) is 15.2. The average Bonchev–Trinajstić information content (AvgIpc) is 3.02. The van der Waals surface area contributed by atoms with Crippen LogP contribution in [0, 0.1) is 13.8 Å². The molecule has 0 aliphatic heterocycles. The standard InChI is InChI=1S/2C17H18O6S.Zn/c2*1-12-3-6-14(7-4-12)24(21,22)10-2-9-23-13-5-8-15(17(19)20)16(18)11-13;/h2*3-8,11,18H,2,9-10H2,1H3,(H,19,20);/q;;+2/p-2. The first-order valence-corrected chi connectivity index (χ1v) is 17.8. The zero-order chi connectivity index (χ0) is 35.5. The van der Waals surface area contributed by atoms with Crippen LogP contribution in [0.25, 0.3) is 0 Å². The Morgan fingerprint density at radius 2 is 0.918 bits per heavy atom. The first-order chi connectivity index (χ1) is 22.6. The molecule has 0 saturated heterocycles. The summed E-state index contributed by atoms with van der Waals surface area (Å²) in [6.07, 6.45) is 0.510. The topological polar surface area (TPSA) is 207 Å². The zero-order valence-corrected chi connectivity index (χ0v) is 31.4. The molecule has 12 nitrogen and oxygen atoms in total. The Morgan fingerprint density at radius 1 is 0.592 bits per heavy atom. The molecule has 0 unspecified atom stereocenters. The van der Waals surface area contributed by atoms with Gasteiger partial charge in [0.25, 0.3) is 0 Å². The van der Waals surface area contributed by atoms with Gasteiger partial charge in [0.2, 0.25) is 0 Å². The van der Waals surface area contributed by atoms with Crippen molar-refractivity contribution >= 4 is 31.6 Å². The van der Waals surface area contributed by atoms with Gasteiger partial charge in [-0.3, -0.25) is 0 Å². The minimum atomic E-state index is -3.38. The Balaban J connectivity index is 0.000000333. The van der Waals surface area contributed by atoms with Crippen LogP contribution in [0.1, 0.15) is 44.7 Å². The quantitative estimate of drug-likeness (QED) is 0.138. The van der Waals surface area contributed by atoms with E-state index < -0.39 is 43.1 Å². The van der Waals surface area contributed by atoms with Crippen LogP contribution < -0.4 is 19.7 Å². The molecule has 4 aromatic rings. The maximum atomic E-state index is 12.2. The Hall–Kier alpha value is -4.46. The molecule has 0 radical (unpaired) electrons. The number of carboxylic acids is 2. The van der Waals surface area contributed by atoms with E-state index in [4.69, 9.17) is 19.7 Å². The third-order valence-corrected chi connectivity index (χ3v) is 10.4. The molecule has 0 saturated carbocycles. The number of carbonyl (C=O) groups is 2. The van der Waals surface area contributed by atoms with Crippen LogP contribution in [-0.2, 0) is 39.2 Å². The van der Waals surface area contributed by atoms with E-state index in [1.165, 1.54) is 24.3 Å². The molecule has 2 N–H and O–H groups in total. The van der Waals surface area contributed by atoms with Gasteiger partial charge in [0.15, 0.2) is 19.7 Å². The van der Waals surface area contributed by atoms with Gasteiger partial charge in [-0.15, -0.1) is 0 Å². The molecule has 15 heteroatoms. The van der Waals surface area contributed by atoms with E-state index >= 15 is 0 Å². The molecule has 0 amide bonds. The second-order valence-corrected chi connectivity index (χ2v) is 14.8. The molecule has 0 aliphatic rings. The first kappa shape index (κ1) is 40.7. The molecular weight excluding hydrogens is 730 g/mol. The number of hydrogen-bond donors (Lipinski definition) is 2. The normalized spacial score (nSPS) is 11.0. The summed E-state index contributed by atoms with van der Waals surface area (Å²) < 4.78 is 59.3. The summed E-state index contributed by atoms with van der Waals surface area (Å²) in [5.41, 5.74) is 1.31. The fraction of sp³-hybridized carbons (Fsp3) is 0.235. The summed E-state index contributed by atoms with van der Waals surface area (Å²) in [6, 6.07) is 20.5. The number of sulfone groups is 2. The van der Waals surface area contributed by atoms with Crippen molar-refractivity contribution < 1.29 is 75.8 Å². The minimum Gasteiger partial charge on any atom is -0.872 e. The van der Waals surface area contributed by atoms with E-state index in [2.05, 4.69) is 0 Å². The number of ether oxygens (including phenoxy) is 2. The molecule has 4 rings (SSSR count). The van der Waals surface area contributed by atoms with E-state index in [1.54, 1.807) is 48.5 Å². The fourth-order valence-corrected chi connectivity index (χ4v) is 6.71. The summed E-state index contributed by atoms with van der Waals surface area (Å²) in [5.74, 6) is -3.59. The van der Waals surface area contributed by atoms with Crippen molar-refractivity contribution in [2.24, 2.45) is 0 Å². The van der Waals surface area contributed by atoms with Crippen LogP contribution in [0.3, 0.4) is 0 Å². The van der Waals surface area contributed by atoms with Gasteiger partial charge in [-0.05, 0) is 87.4 Å². The number of rotatable bonds is 14. The monoisotopic (exact) mass is 762 g/mol. The van der Waals surface area contributed by atoms with E-state index in [0.717, 1.165) is 23.3 Å². The van der Waals surface area contributed by atoms with Gasteiger partial charge >= 0.3 is 31.4 Å². The summed E-state index contributed by atoms with van der Waals surface area (Å²) >= 11 is 0. The smallest absolute Gasteiger partial charge is 0.872 e. The first-order valence-electron chi connectivity index (χ1n) is 14.5. The molecule has 256 valence electrons. The third kappa shape index (κ3) is 12.5. The third-order valence-electron chi connectivity index (χ3n) is 6.78. The number of aryl methyl sites for hydroxylation is 2. The van der Waals surface area contributed by atoms with Gasteiger partial charge in [-0.25, -0.2) is 26.4 Å². The molecule has 0 bridgehead atoms. The molecule has 4 aromatic carbocycles. The fourth-order valence-electron chi connectivity index (χ4n) is 4.14. The van der Waals surface area contributed by atoms with Crippen molar-refractivity contribution in [1.82, 2.24) is 0 Å². The molecule has 0 atom stereocenters. The van der Waals surface area contributed by atoms with Crippen LogP contribution >= 0.6 is 0 Å². The molecule has 0 aliphatic carbocycles. The second-order valence-electron chi connectivity index (χ2n) is 10.6. The second kappa shape index (κ2) is 18.3. The molecule has 49 heavy (non-hydrogen) atoms. The molecule has 0 heterocycles. The van der Waals surface area contributed by atoms with Crippen LogP contribution in [-0.4, -0.2) is 63.7 Å². The van der Waals surface area contributed by atoms with Gasteiger partial charge in [0.1, 0.15) is 11.5 Å². The van der Waals surface area contributed by atoms with Crippen molar-refractivity contribution in [3.8, 4) is 23.0 Å². The number of aromatic carboxylic acids is 2. The van der Waals surface area contributed by atoms with Gasteiger partial charge in [0, 0.05) is 0 Å². The SMILES string of the molecule is Cc1ccc(S(=O)(=O)CCCOc2ccc(C(=O)O)c([O-])c2)cc1.Cc1ccc(S(=O)(=O)CCCOc2ccc(C(=O)O)c([O-])c2)cc1.[Zn+2]. The summed E-state index contributed by atoms with van der Waals surface area (Å²) in [5, 5.41) is 40.6. The average molecular weight is 764 g/mol. The minimum absolute atomic E-state index is 0. The summed E-state index contributed by atoms with van der Waals surface area (Å²) in [4.78, 5) is 22.0. The van der Waals surface area contributed by atoms with Gasteiger partial charge in [-0.2, -0.15) is 0 Å². The van der Waals surface area contributed by atoms with Crippen LogP contribution in [0.15, 0.2) is 94.7 Å². The maximum absolute atomic E-state index is 12.2. The van der Waals surface area contributed by atoms with E-state index in [0.29, 0.717) is 0 Å². The Bertz CT molecular complexity index is 1800. The van der Waals surface area contributed by atoms with Crippen molar-refractivity contribution in [2.45, 2.75) is 36.5 Å². The van der Waals surface area contributed by atoms with Crippen molar-refractivity contribution in [3.05, 3.63) is 107 Å². The van der Waals surface area contributed by atoms with Crippen molar-refractivity contribution in [3.63, 3.8) is 0 Å². The predicted molar refractivity (Wildman–Crippen MR) is 172 cm³/mol. The predicted octanol–water partition coefficient (Wildman–Crippen LogP) is 4.02. The van der Waals surface area contributed by atoms with Crippen molar-refractivity contribution in [1.29, 1.82) is 0 Å².